The zero-order valence-corrected chi connectivity index (χ0v) is 14.2. The molecule has 1 amide bonds. The number of rotatable bonds is 4. The molecule has 0 radical (unpaired) electrons. The number of aromatic nitrogens is 2. The summed E-state index contributed by atoms with van der Waals surface area (Å²) in [5.41, 5.74) is 0.471. The monoisotopic (exact) mass is 343 g/mol. The molecular formula is C18H21N3O4. The van der Waals surface area contributed by atoms with Crippen LogP contribution in [0.3, 0.4) is 0 Å². The van der Waals surface area contributed by atoms with Crippen molar-refractivity contribution in [3.63, 3.8) is 0 Å². The molecule has 25 heavy (non-hydrogen) atoms. The topological polar surface area (TPSA) is 81.5 Å². The van der Waals surface area contributed by atoms with E-state index in [1.807, 2.05) is 6.07 Å². The highest BCUT2D eigenvalue weighted by atomic mass is 16.5. The molecule has 1 aliphatic heterocycles. The lowest BCUT2D eigenvalue weighted by Crippen LogP contribution is -2.48. The van der Waals surface area contributed by atoms with Gasteiger partial charge >= 0.3 is 5.97 Å². The van der Waals surface area contributed by atoms with Gasteiger partial charge in [-0.25, -0.2) is 9.78 Å². The van der Waals surface area contributed by atoms with E-state index in [9.17, 15) is 14.4 Å². The van der Waals surface area contributed by atoms with Crippen LogP contribution in [0.15, 0.2) is 35.4 Å². The van der Waals surface area contributed by atoms with Gasteiger partial charge in [0, 0.05) is 19.5 Å². The summed E-state index contributed by atoms with van der Waals surface area (Å²) < 4.78 is 6.24. The number of methoxy groups -OCH3 is 1. The quantitative estimate of drug-likeness (QED) is 0.783. The van der Waals surface area contributed by atoms with Gasteiger partial charge in [-0.05, 0) is 31.4 Å². The van der Waals surface area contributed by atoms with Gasteiger partial charge in [0.2, 0.25) is 5.91 Å². The maximum absolute atomic E-state index is 12.6. The van der Waals surface area contributed by atoms with Gasteiger partial charge in [0.05, 0.1) is 24.3 Å². The smallest absolute Gasteiger partial charge is 0.328 e. The third kappa shape index (κ3) is 3.55. The van der Waals surface area contributed by atoms with Crippen molar-refractivity contribution in [3.05, 3.63) is 40.9 Å². The molecule has 1 aromatic carbocycles. The standard InChI is InChI=1S/C18H21N3O4/c1-25-18(24)15-8-4-5-10-21(15)16(22)9-11-20-12-19-14-7-3-2-6-13(14)17(20)23/h2-3,6-7,12,15H,4-5,8-11H2,1H3. The second-order valence-electron chi connectivity index (χ2n) is 6.13. The molecule has 3 rings (SSSR count). The van der Waals surface area contributed by atoms with E-state index in [4.69, 9.17) is 4.74 Å². The van der Waals surface area contributed by atoms with Crippen LogP contribution in [0.2, 0.25) is 0 Å². The van der Waals surface area contributed by atoms with Crippen molar-refractivity contribution in [2.45, 2.75) is 38.3 Å². The number of likely N-dealkylation sites (tertiary alicyclic amines) is 1. The molecule has 0 spiro atoms. The van der Waals surface area contributed by atoms with Crippen LogP contribution in [-0.2, 0) is 20.9 Å². The van der Waals surface area contributed by atoms with Gasteiger partial charge in [0.1, 0.15) is 6.04 Å². The molecule has 2 aromatic rings. The molecule has 0 saturated carbocycles. The van der Waals surface area contributed by atoms with Gasteiger partial charge in [-0.1, -0.05) is 12.1 Å². The summed E-state index contributed by atoms with van der Waals surface area (Å²) in [4.78, 5) is 42.7. The normalized spacial score (nSPS) is 17.5. The van der Waals surface area contributed by atoms with Gasteiger partial charge in [-0.3, -0.25) is 14.2 Å². The van der Waals surface area contributed by atoms with Crippen LogP contribution in [0.1, 0.15) is 25.7 Å². The van der Waals surface area contributed by atoms with Crippen molar-refractivity contribution >= 4 is 22.8 Å². The molecule has 7 heteroatoms. The number of nitrogens with zero attached hydrogens (tertiary/aromatic N) is 3. The van der Waals surface area contributed by atoms with Gasteiger partial charge < -0.3 is 9.64 Å². The highest BCUT2D eigenvalue weighted by molar-refractivity contribution is 5.84. The number of benzene rings is 1. The zero-order chi connectivity index (χ0) is 17.8. The molecule has 2 heterocycles. The number of esters is 1. The van der Waals surface area contributed by atoms with Crippen molar-refractivity contribution in [1.29, 1.82) is 0 Å². The average Bonchev–Trinajstić information content (AvgIpc) is 2.67. The summed E-state index contributed by atoms with van der Waals surface area (Å²) >= 11 is 0. The zero-order valence-electron chi connectivity index (χ0n) is 14.2. The van der Waals surface area contributed by atoms with E-state index in [1.54, 1.807) is 23.1 Å². The Kier molecular flexibility index (Phi) is 5.11. The van der Waals surface area contributed by atoms with E-state index in [0.29, 0.717) is 23.9 Å². The number of fused-ring (bicyclic) bond motifs is 1. The van der Waals surface area contributed by atoms with E-state index >= 15 is 0 Å². The van der Waals surface area contributed by atoms with Crippen LogP contribution in [0.25, 0.3) is 10.9 Å². The van der Waals surface area contributed by atoms with Gasteiger partial charge in [0.15, 0.2) is 0 Å². The molecule has 1 aliphatic rings. The van der Waals surface area contributed by atoms with Crippen LogP contribution in [-0.4, -0.2) is 46.0 Å². The molecule has 132 valence electrons. The fourth-order valence-electron chi connectivity index (χ4n) is 3.24. The van der Waals surface area contributed by atoms with E-state index in [-0.39, 0.29) is 30.4 Å². The van der Waals surface area contributed by atoms with E-state index in [1.165, 1.54) is 18.0 Å². The van der Waals surface area contributed by atoms with Crippen molar-refractivity contribution in [2.24, 2.45) is 0 Å². The fourth-order valence-corrected chi connectivity index (χ4v) is 3.24. The minimum atomic E-state index is -0.516. The molecule has 1 saturated heterocycles. The first-order valence-electron chi connectivity index (χ1n) is 8.43. The molecule has 7 nitrogen and oxygen atoms in total. The lowest BCUT2D eigenvalue weighted by molar-refractivity contribution is -0.154. The number of amides is 1. The number of carbonyl (C=O) groups excluding carboxylic acids is 2. The number of ether oxygens (including phenoxy) is 1. The van der Waals surface area contributed by atoms with Crippen molar-refractivity contribution in [3.8, 4) is 0 Å². The lowest BCUT2D eigenvalue weighted by Gasteiger charge is -2.33. The highest BCUT2D eigenvalue weighted by Crippen LogP contribution is 2.19. The number of aryl methyl sites for hydroxylation is 1. The first-order valence-corrected chi connectivity index (χ1v) is 8.43. The number of carbonyl (C=O) groups is 2. The van der Waals surface area contributed by atoms with Crippen LogP contribution < -0.4 is 5.56 Å². The Hall–Kier alpha value is -2.70. The van der Waals surface area contributed by atoms with Crippen LogP contribution in [0.4, 0.5) is 0 Å². The predicted octanol–water partition coefficient (Wildman–Crippen LogP) is 1.34. The molecule has 0 aliphatic carbocycles. The number of piperidine rings is 1. The summed E-state index contributed by atoms with van der Waals surface area (Å²) in [6.07, 6.45) is 4.00. The van der Waals surface area contributed by atoms with E-state index in [2.05, 4.69) is 4.98 Å². The third-order valence-electron chi connectivity index (χ3n) is 4.59. The summed E-state index contributed by atoms with van der Waals surface area (Å²) in [6.45, 7) is 0.781. The van der Waals surface area contributed by atoms with Gasteiger partial charge in [-0.15, -0.1) is 0 Å². The molecular weight excluding hydrogens is 322 g/mol. The number of hydrogen-bond acceptors (Lipinski definition) is 5. The maximum atomic E-state index is 12.6. The van der Waals surface area contributed by atoms with Crippen LogP contribution in [0, 0.1) is 0 Å². The first-order chi connectivity index (χ1) is 12.1. The fraction of sp³-hybridized carbons (Fsp3) is 0.444. The number of hydrogen-bond donors (Lipinski definition) is 0. The minimum Gasteiger partial charge on any atom is -0.467 e. The average molecular weight is 343 g/mol. The van der Waals surface area contributed by atoms with Gasteiger partial charge in [0.25, 0.3) is 5.56 Å². The highest BCUT2D eigenvalue weighted by Gasteiger charge is 2.32. The Balaban J connectivity index is 1.72. The third-order valence-corrected chi connectivity index (χ3v) is 4.59. The molecule has 0 N–H and O–H groups in total. The summed E-state index contributed by atoms with van der Waals surface area (Å²) in [6, 6.07) is 6.60. The first kappa shape index (κ1) is 17.1. The molecule has 1 unspecified atom stereocenters. The SMILES string of the molecule is COC(=O)C1CCCCN1C(=O)CCn1cnc2ccccc2c1=O. The minimum absolute atomic E-state index is 0.143. The van der Waals surface area contributed by atoms with Crippen molar-refractivity contribution in [2.75, 3.05) is 13.7 Å². The maximum Gasteiger partial charge on any atom is 0.328 e. The van der Waals surface area contributed by atoms with E-state index < -0.39 is 6.04 Å². The molecule has 1 atom stereocenters. The summed E-state index contributed by atoms with van der Waals surface area (Å²) in [7, 11) is 1.33. The lowest BCUT2D eigenvalue weighted by atomic mass is 10.0. The molecule has 0 bridgehead atoms. The van der Waals surface area contributed by atoms with Gasteiger partial charge in [-0.2, -0.15) is 0 Å². The van der Waals surface area contributed by atoms with Crippen LogP contribution in [0.5, 0.6) is 0 Å². The molecule has 1 fully saturated rings. The van der Waals surface area contributed by atoms with E-state index in [0.717, 1.165) is 12.8 Å². The Morgan fingerprint density at radius 3 is 2.88 bits per heavy atom. The van der Waals surface area contributed by atoms with Crippen LogP contribution >= 0.6 is 0 Å². The summed E-state index contributed by atoms with van der Waals surface area (Å²) in [5, 5.41) is 0.530. The number of para-hydroxylation sites is 1. The second-order valence-corrected chi connectivity index (χ2v) is 6.13. The van der Waals surface area contributed by atoms with Crippen molar-refractivity contribution in [1.82, 2.24) is 14.5 Å². The molecule has 1 aromatic heterocycles. The Labute approximate surface area is 145 Å². The second kappa shape index (κ2) is 7.46. The predicted molar refractivity (Wildman–Crippen MR) is 92.0 cm³/mol. The largest absolute Gasteiger partial charge is 0.467 e. The van der Waals surface area contributed by atoms with Crippen molar-refractivity contribution < 1.29 is 14.3 Å². The Morgan fingerprint density at radius 2 is 2.08 bits per heavy atom. The Morgan fingerprint density at radius 1 is 1.28 bits per heavy atom. The Bertz CT molecular complexity index is 846. The summed E-state index contributed by atoms with van der Waals surface area (Å²) in [5.74, 6) is -0.521.